The van der Waals surface area contributed by atoms with E-state index in [0.717, 1.165) is 0 Å². The third-order valence-electron chi connectivity index (χ3n) is 0.534. The van der Waals surface area contributed by atoms with Crippen LogP contribution < -0.4 is 5.73 Å². The lowest BCUT2D eigenvalue weighted by atomic mass is 10.5. The Kier molecular flexibility index (Phi) is 3.73. The van der Waals surface area contributed by atoms with Gasteiger partial charge in [-0.05, 0) is 26.1 Å². The predicted molar refractivity (Wildman–Crippen MR) is 37.9 cm³/mol. The zero-order chi connectivity index (χ0) is 6.57. The number of rotatable bonds is 2. The molecular weight excluding hydrogens is 122 g/mol. The van der Waals surface area contributed by atoms with E-state index in [4.69, 9.17) is 10.5 Å². The van der Waals surface area contributed by atoms with Crippen molar-refractivity contribution < 1.29 is 4.74 Å². The van der Waals surface area contributed by atoms with Gasteiger partial charge < -0.3 is 10.5 Å². The Hall–Kier alpha value is -0.150. The molecule has 0 bridgehead atoms. The summed E-state index contributed by atoms with van der Waals surface area (Å²) in [4.78, 5) is 0. The average Bonchev–Trinajstić information content (AvgIpc) is 1.65. The van der Waals surface area contributed by atoms with Crippen molar-refractivity contribution in [2.75, 3.05) is 6.54 Å². The number of hydrogen-bond acceptors (Lipinski definition) is 3. The second kappa shape index (κ2) is 3.80. The molecule has 0 unspecified atom stereocenters. The zero-order valence-corrected chi connectivity index (χ0v) is 5.99. The summed E-state index contributed by atoms with van der Waals surface area (Å²) in [6.45, 7) is 4.18. The van der Waals surface area contributed by atoms with E-state index in [1.54, 1.807) is 0 Å². The fourth-order valence-electron chi connectivity index (χ4n) is 0.311. The molecule has 0 aliphatic rings. The first kappa shape index (κ1) is 7.85. The molecule has 2 nitrogen and oxygen atoms in total. The van der Waals surface area contributed by atoms with Gasteiger partial charge in [-0.25, -0.2) is 0 Å². The van der Waals surface area contributed by atoms with Crippen LogP contribution in [-0.4, -0.2) is 17.7 Å². The summed E-state index contributed by atoms with van der Waals surface area (Å²) in [6, 6.07) is 0. The molecule has 0 aromatic carbocycles. The van der Waals surface area contributed by atoms with Crippen LogP contribution in [0.25, 0.3) is 0 Å². The van der Waals surface area contributed by atoms with E-state index in [1.807, 2.05) is 13.8 Å². The van der Waals surface area contributed by atoms with Gasteiger partial charge in [-0.15, -0.1) is 0 Å². The quantitative estimate of drug-likeness (QED) is 0.563. The molecule has 0 heterocycles. The largest absolute Gasteiger partial charge is 0.483 e. The summed E-state index contributed by atoms with van der Waals surface area (Å²) in [5.41, 5.74) is 5.15. The lowest BCUT2D eigenvalue weighted by molar-refractivity contribution is 0.232. The van der Waals surface area contributed by atoms with Crippen LogP contribution in [0.2, 0.25) is 0 Å². The van der Waals surface area contributed by atoms with Gasteiger partial charge in [0, 0.05) is 0 Å². The highest BCUT2D eigenvalue weighted by atomic mass is 32.1. The van der Waals surface area contributed by atoms with Crippen molar-refractivity contribution >= 4 is 17.3 Å². The highest BCUT2D eigenvalue weighted by Gasteiger charge is 1.94. The fraction of sp³-hybridized carbons (Fsp3) is 0.800. The predicted octanol–water partition coefficient (Wildman–Crippen LogP) is 0.698. The summed E-state index contributed by atoms with van der Waals surface area (Å²) in [5, 5.41) is 0.486. The molecule has 0 saturated heterocycles. The summed E-state index contributed by atoms with van der Waals surface area (Å²) in [6.07, 6.45) is 0.158. The molecule has 0 aliphatic heterocycles. The third-order valence-corrected chi connectivity index (χ3v) is 0.797. The Bertz CT molecular complexity index is 82.5. The molecule has 0 spiro atoms. The maximum atomic E-state index is 5.15. The Morgan fingerprint density at radius 3 is 2.38 bits per heavy atom. The van der Waals surface area contributed by atoms with Gasteiger partial charge in [0.15, 0.2) is 5.05 Å². The van der Waals surface area contributed by atoms with Crippen LogP contribution in [0, 0.1) is 0 Å². The minimum Gasteiger partial charge on any atom is -0.483 e. The van der Waals surface area contributed by atoms with Crippen LogP contribution >= 0.6 is 12.2 Å². The van der Waals surface area contributed by atoms with E-state index in [-0.39, 0.29) is 6.10 Å². The van der Waals surface area contributed by atoms with Gasteiger partial charge >= 0.3 is 0 Å². The zero-order valence-electron chi connectivity index (χ0n) is 5.18. The van der Waals surface area contributed by atoms with Crippen molar-refractivity contribution in [2.24, 2.45) is 5.73 Å². The van der Waals surface area contributed by atoms with Crippen LogP contribution in [-0.2, 0) is 4.74 Å². The van der Waals surface area contributed by atoms with Gasteiger partial charge in [-0.3, -0.25) is 0 Å². The van der Waals surface area contributed by atoms with Crippen molar-refractivity contribution in [3.63, 3.8) is 0 Å². The van der Waals surface area contributed by atoms with Crippen LogP contribution in [0.5, 0.6) is 0 Å². The fourth-order valence-corrected chi connectivity index (χ4v) is 0.503. The van der Waals surface area contributed by atoms with E-state index in [2.05, 4.69) is 12.2 Å². The van der Waals surface area contributed by atoms with Gasteiger partial charge in [-0.2, -0.15) is 0 Å². The maximum Gasteiger partial charge on any atom is 0.173 e. The SMILES string of the molecule is CC(C)OC(=S)CN. The number of ether oxygens (including phenoxy) is 1. The van der Waals surface area contributed by atoms with Crippen LogP contribution in [0.4, 0.5) is 0 Å². The van der Waals surface area contributed by atoms with Crippen molar-refractivity contribution in [3.05, 3.63) is 0 Å². The molecule has 3 heteroatoms. The topological polar surface area (TPSA) is 35.2 Å². The molecule has 0 radical (unpaired) electrons. The first-order chi connectivity index (χ1) is 3.66. The van der Waals surface area contributed by atoms with Gasteiger partial charge in [0.2, 0.25) is 0 Å². The number of nitrogens with two attached hydrogens (primary N) is 1. The highest BCUT2D eigenvalue weighted by Crippen LogP contribution is 1.88. The lowest BCUT2D eigenvalue weighted by Crippen LogP contribution is -2.18. The molecule has 0 fully saturated rings. The first-order valence-electron chi connectivity index (χ1n) is 2.56. The van der Waals surface area contributed by atoms with Gasteiger partial charge in [0.05, 0.1) is 12.6 Å². The van der Waals surface area contributed by atoms with Gasteiger partial charge in [0.25, 0.3) is 0 Å². The van der Waals surface area contributed by atoms with E-state index in [1.165, 1.54) is 0 Å². The summed E-state index contributed by atoms with van der Waals surface area (Å²) in [7, 11) is 0. The summed E-state index contributed by atoms with van der Waals surface area (Å²) < 4.78 is 5.01. The minimum absolute atomic E-state index is 0.158. The van der Waals surface area contributed by atoms with Crippen LogP contribution in [0.1, 0.15) is 13.8 Å². The van der Waals surface area contributed by atoms with Crippen LogP contribution in [0.3, 0.4) is 0 Å². The van der Waals surface area contributed by atoms with E-state index < -0.39 is 0 Å². The van der Waals surface area contributed by atoms with Crippen molar-refractivity contribution in [1.82, 2.24) is 0 Å². The molecular formula is C5H11NOS. The Balaban J connectivity index is 3.25. The molecule has 0 aromatic heterocycles. The smallest absolute Gasteiger partial charge is 0.173 e. The van der Waals surface area contributed by atoms with Crippen LogP contribution in [0.15, 0.2) is 0 Å². The lowest BCUT2D eigenvalue weighted by Gasteiger charge is -2.07. The molecule has 0 amide bonds. The molecule has 0 saturated carbocycles. The summed E-state index contributed by atoms with van der Waals surface area (Å²) >= 11 is 4.68. The van der Waals surface area contributed by atoms with Gasteiger partial charge in [-0.1, -0.05) is 0 Å². The normalized spacial score (nSPS) is 9.50. The minimum atomic E-state index is 0.158. The Morgan fingerprint density at radius 2 is 2.25 bits per heavy atom. The molecule has 0 atom stereocenters. The molecule has 2 N–H and O–H groups in total. The molecule has 0 aliphatic carbocycles. The van der Waals surface area contributed by atoms with Crippen molar-refractivity contribution in [2.45, 2.75) is 20.0 Å². The Morgan fingerprint density at radius 1 is 1.75 bits per heavy atom. The number of thiocarbonyl (C=S) groups is 1. The molecule has 0 aromatic rings. The van der Waals surface area contributed by atoms with Crippen molar-refractivity contribution in [3.8, 4) is 0 Å². The molecule has 8 heavy (non-hydrogen) atoms. The maximum absolute atomic E-state index is 5.15. The Labute approximate surface area is 55.0 Å². The van der Waals surface area contributed by atoms with Crippen molar-refractivity contribution in [1.29, 1.82) is 0 Å². The second-order valence-corrected chi connectivity index (χ2v) is 2.20. The highest BCUT2D eigenvalue weighted by molar-refractivity contribution is 7.80. The van der Waals surface area contributed by atoms with E-state index in [9.17, 15) is 0 Å². The first-order valence-corrected chi connectivity index (χ1v) is 2.97. The van der Waals surface area contributed by atoms with E-state index >= 15 is 0 Å². The third kappa shape index (κ3) is 4.02. The standard InChI is InChI=1S/C5H11NOS/c1-4(2)7-5(8)3-6/h4H,3,6H2,1-2H3. The molecule has 0 rings (SSSR count). The second-order valence-electron chi connectivity index (χ2n) is 1.74. The molecule has 48 valence electrons. The average molecular weight is 133 g/mol. The van der Waals surface area contributed by atoms with Gasteiger partial charge in [0.1, 0.15) is 0 Å². The van der Waals surface area contributed by atoms with E-state index in [0.29, 0.717) is 11.6 Å². The summed E-state index contributed by atoms with van der Waals surface area (Å²) in [5.74, 6) is 0. The number of hydrogen-bond donors (Lipinski definition) is 1. The monoisotopic (exact) mass is 133 g/mol.